The van der Waals surface area contributed by atoms with E-state index < -0.39 is 11.4 Å². The van der Waals surface area contributed by atoms with Crippen molar-refractivity contribution >= 4 is 0 Å². The minimum atomic E-state index is -0.682. The third-order valence-electron chi connectivity index (χ3n) is 4.97. The number of piperidine rings is 2. The SMILES string of the molecule is COC(C)(CC1(O)CC2CCCC(C1)N2C)OC. The molecule has 0 aliphatic carbocycles. The van der Waals surface area contributed by atoms with Gasteiger partial charge in [0.1, 0.15) is 0 Å². The van der Waals surface area contributed by atoms with Gasteiger partial charge in [0.25, 0.3) is 0 Å². The van der Waals surface area contributed by atoms with E-state index >= 15 is 0 Å². The second-order valence-electron chi connectivity index (χ2n) is 6.26. The molecule has 2 saturated heterocycles. The summed E-state index contributed by atoms with van der Waals surface area (Å²) in [6, 6.07) is 1.03. The molecule has 0 aromatic rings. The molecule has 106 valence electrons. The summed E-state index contributed by atoms with van der Waals surface area (Å²) in [6.45, 7) is 1.90. The summed E-state index contributed by atoms with van der Waals surface area (Å²) in [5.74, 6) is -0.682. The third kappa shape index (κ3) is 2.72. The van der Waals surface area contributed by atoms with Crippen molar-refractivity contribution in [1.82, 2.24) is 4.90 Å². The van der Waals surface area contributed by atoms with E-state index in [1.165, 1.54) is 19.3 Å². The van der Waals surface area contributed by atoms with Crippen LogP contribution in [-0.2, 0) is 9.47 Å². The number of hydrogen-bond donors (Lipinski definition) is 1. The summed E-state index contributed by atoms with van der Waals surface area (Å²) in [7, 11) is 5.48. The fourth-order valence-electron chi connectivity index (χ4n) is 3.72. The molecule has 0 amide bonds. The van der Waals surface area contributed by atoms with Crippen molar-refractivity contribution in [1.29, 1.82) is 0 Å². The number of nitrogens with zero attached hydrogens (tertiary/aromatic N) is 1. The van der Waals surface area contributed by atoms with Crippen LogP contribution >= 0.6 is 0 Å². The Morgan fingerprint density at radius 3 is 2.17 bits per heavy atom. The maximum Gasteiger partial charge on any atom is 0.167 e. The molecule has 4 heteroatoms. The Morgan fingerprint density at radius 2 is 1.72 bits per heavy atom. The van der Waals surface area contributed by atoms with Crippen molar-refractivity contribution in [2.24, 2.45) is 0 Å². The maximum absolute atomic E-state index is 10.9. The molecule has 2 heterocycles. The topological polar surface area (TPSA) is 41.9 Å². The number of rotatable bonds is 4. The molecule has 18 heavy (non-hydrogen) atoms. The van der Waals surface area contributed by atoms with Crippen LogP contribution in [-0.4, -0.2) is 54.7 Å². The first-order valence-electron chi connectivity index (χ1n) is 6.96. The Hall–Kier alpha value is -0.160. The highest BCUT2D eigenvalue weighted by Crippen LogP contribution is 2.42. The van der Waals surface area contributed by atoms with Crippen molar-refractivity contribution < 1.29 is 14.6 Å². The van der Waals surface area contributed by atoms with E-state index in [1.54, 1.807) is 14.2 Å². The number of methoxy groups -OCH3 is 2. The van der Waals surface area contributed by atoms with Crippen LogP contribution in [0.1, 0.15) is 45.4 Å². The lowest BCUT2D eigenvalue weighted by atomic mass is 9.73. The average molecular weight is 257 g/mol. The van der Waals surface area contributed by atoms with Crippen LogP contribution < -0.4 is 0 Å². The first kappa shape index (κ1) is 14.3. The number of aliphatic hydroxyl groups is 1. The Morgan fingerprint density at radius 1 is 1.22 bits per heavy atom. The van der Waals surface area contributed by atoms with Crippen LogP contribution in [0.2, 0.25) is 0 Å². The van der Waals surface area contributed by atoms with Crippen LogP contribution in [0.25, 0.3) is 0 Å². The van der Waals surface area contributed by atoms with Crippen LogP contribution in [0.5, 0.6) is 0 Å². The highest BCUT2D eigenvalue weighted by atomic mass is 16.7. The molecule has 2 aliphatic rings. The lowest BCUT2D eigenvalue weighted by Crippen LogP contribution is -2.58. The van der Waals surface area contributed by atoms with E-state index in [-0.39, 0.29) is 0 Å². The normalized spacial score (nSPS) is 37.8. The van der Waals surface area contributed by atoms with Gasteiger partial charge in [0.05, 0.1) is 5.60 Å². The monoisotopic (exact) mass is 257 g/mol. The first-order valence-corrected chi connectivity index (χ1v) is 6.96. The molecule has 2 aliphatic heterocycles. The van der Waals surface area contributed by atoms with Crippen molar-refractivity contribution in [2.75, 3.05) is 21.3 Å². The fourth-order valence-corrected chi connectivity index (χ4v) is 3.72. The maximum atomic E-state index is 10.9. The Bertz CT molecular complexity index is 277. The average Bonchev–Trinajstić information content (AvgIpc) is 2.31. The highest BCUT2D eigenvalue weighted by molar-refractivity contribution is 5.00. The number of fused-ring (bicyclic) bond motifs is 2. The molecular weight excluding hydrogens is 230 g/mol. The third-order valence-corrected chi connectivity index (χ3v) is 4.97. The van der Waals surface area contributed by atoms with Gasteiger partial charge in [0.15, 0.2) is 5.79 Å². The van der Waals surface area contributed by atoms with E-state index in [0.29, 0.717) is 18.5 Å². The van der Waals surface area contributed by atoms with Gasteiger partial charge in [-0.3, -0.25) is 0 Å². The second kappa shape index (κ2) is 5.08. The summed E-state index contributed by atoms with van der Waals surface area (Å²) in [6.07, 6.45) is 5.91. The molecule has 2 fully saturated rings. The first-order chi connectivity index (χ1) is 8.41. The lowest BCUT2D eigenvalue weighted by molar-refractivity contribution is -0.233. The van der Waals surface area contributed by atoms with Crippen molar-refractivity contribution in [3.8, 4) is 0 Å². The van der Waals surface area contributed by atoms with Crippen molar-refractivity contribution in [2.45, 2.75) is 68.9 Å². The summed E-state index contributed by atoms with van der Waals surface area (Å²) in [5, 5.41) is 10.9. The molecule has 0 saturated carbocycles. The lowest BCUT2D eigenvalue weighted by Gasteiger charge is -2.52. The Balaban J connectivity index is 2.08. The molecule has 2 atom stereocenters. The fraction of sp³-hybridized carbons (Fsp3) is 1.00. The Kier molecular flexibility index (Phi) is 4.02. The molecule has 0 radical (unpaired) electrons. The van der Waals surface area contributed by atoms with Gasteiger partial charge >= 0.3 is 0 Å². The summed E-state index contributed by atoms with van der Waals surface area (Å²) >= 11 is 0. The predicted molar refractivity (Wildman–Crippen MR) is 70.4 cm³/mol. The predicted octanol–water partition coefficient (Wildman–Crippen LogP) is 1.76. The van der Waals surface area contributed by atoms with Gasteiger partial charge in [0.2, 0.25) is 0 Å². The second-order valence-corrected chi connectivity index (χ2v) is 6.26. The van der Waals surface area contributed by atoms with E-state index in [0.717, 1.165) is 12.8 Å². The smallest absolute Gasteiger partial charge is 0.167 e. The Labute approximate surface area is 110 Å². The quantitative estimate of drug-likeness (QED) is 0.779. The zero-order chi connectivity index (χ0) is 13.4. The van der Waals surface area contributed by atoms with Crippen molar-refractivity contribution in [3.63, 3.8) is 0 Å². The molecule has 1 N–H and O–H groups in total. The molecule has 0 aromatic heterocycles. The van der Waals surface area contributed by atoms with Crippen molar-refractivity contribution in [3.05, 3.63) is 0 Å². The van der Waals surface area contributed by atoms with E-state index in [4.69, 9.17) is 9.47 Å². The van der Waals surface area contributed by atoms with E-state index in [2.05, 4.69) is 11.9 Å². The zero-order valence-electron chi connectivity index (χ0n) is 12.1. The molecule has 2 unspecified atom stereocenters. The summed E-state index contributed by atoms with van der Waals surface area (Å²) in [4.78, 5) is 2.45. The van der Waals surface area contributed by atoms with Gasteiger partial charge in [0, 0.05) is 32.7 Å². The molecule has 4 nitrogen and oxygen atoms in total. The molecule has 2 bridgehead atoms. The summed E-state index contributed by atoms with van der Waals surface area (Å²) in [5.41, 5.74) is -0.650. The largest absolute Gasteiger partial charge is 0.390 e. The van der Waals surface area contributed by atoms with Gasteiger partial charge in [-0.05, 0) is 39.7 Å². The van der Waals surface area contributed by atoms with Gasteiger partial charge in [-0.15, -0.1) is 0 Å². The van der Waals surface area contributed by atoms with E-state index in [9.17, 15) is 5.11 Å². The van der Waals surface area contributed by atoms with Gasteiger partial charge in [-0.25, -0.2) is 0 Å². The van der Waals surface area contributed by atoms with Crippen LogP contribution in [0, 0.1) is 0 Å². The van der Waals surface area contributed by atoms with Gasteiger partial charge < -0.3 is 19.5 Å². The van der Waals surface area contributed by atoms with Crippen LogP contribution in [0.15, 0.2) is 0 Å². The van der Waals surface area contributed by atoms with Crippen LogP contribution in [0.4, 0.5) is 0 Å². The minimum absolute atomic E-state index is 0.514. The molecule has 0 aromatic carbocycles. The van der Waals surface area contributed by atoms with Crippen LogP contribution in [0.3, 0.4) is 0 Å². The summed E-state index contributed by atoms with van der Waals surface area (Å²) < 4.78 is 10.8. The molecule has 0 spiro atoms. The van der Waals surface area contributed by atoms with Gasteiger partial charge in [-0.1, -0.05) is 6.42 Å². The molecule has 2 rings (SSSR count). The van der Waals surface area contributed by atoms with E-state index in [1.807, 2.05) is 6.92 Å². The number of hydrogen-bond acceptors (Lipinski definition) is 4. The zero-order valence-corrected chi connectivity index (χ0v) is 12.1. The number of ether oxygens (including phenoxy) is 2. The minimum Gasteiger partial charge on any atom is -0.390 e. The highest BCUT2D eigenvalue weighted by Gasteiger charge is 2.47. The standard InChI is InChI=1S/C14H27NO3/c1-13(17-3,18-4)10-14(16)8-11-6-5-7-12(9-14)15(11)2/h11-12,16H,5-10H2,1-4H3. The van der Waals surface area contributed by atoms with Gasteiger partial charge in [-0.2, -0.15) is 0 Å². The molecular formula is C14H27NO3.